The van der Waals surface area contributed by atoms with Crippen LogP contribution >= 0.6 is 0 Å². The fourth-order valence-electron chi connectivity index (χ4n) is 8.58. The van der Waals surface area contributed by atoms with Gasteiger partial charge in [-0.05, 0) is 97.7 Å². The van der Waals surface area contributed by atoms with Crippen LogP contribution in [-0.4, -0.2) is 0 Å². The van der Waals surface area contributed by atoms with Gasteiger partial charge in [-0.25, -0.2) is 0 Å². The molecule has 0 spiro atoms. The van der Waals surface area contributed by atoms with Gasteiger partial charge in [-0.3, -0.25) is 0 Å². The van der Waals surface area contributed by atoms with E-state index in [0.29, 0.717) is 0 Å². The second-order valence-corrected chi connectivity index (χ2v) is 14.9. The van der Waals surface area contributed by atoms with Crippen molar-refractivity contribution in [2.45, 2.75) is 0 Å². The van der Waals surface area contributed by atoms with E-state index in [-0.39, 0.29) is 0 Å². The molecule has 11 rings (SSSR count). The van der Waals surface area contributed by atoms with Crippen LogP contribution in [0.3, 0.4) is 0 Å². The van der Waals surface area contributed by atoms with E-state index in [2.05, 4.69) is 229 Å². The lowest BCUT2D eigenvalue weighted by atomic mass is 9.94. The first-order valence-corrected chi connectivity index (χ1v) is 19.8. The van der Waals surface area contributed by atoms with Crippen LogP contribution in [0.4, 0.5) is 17.1 Å². The number of benzene rings is 10. The summed E-state index contributed by atoms with van der Waals surface area (Å²) in [6.45, 7) is 0. The van der Waals surface area contributed by atoms with Crippen LogP contribution in [-0.2, 0) is 0 Å². The largest absolute Gasteiger partial charge is 0.455 e. The van der Waals surface area contributed by atoms with Gasteiger partial charge < -0.3 is 9.32 Å². The van der Waals surface area contributed by atoms with Gasteiger partial charge in [0.15, 0.2) is 0 Å². The Kier molecular flexibility index (Phi) is 8.19. The van der Waals surface area contributed by atoms with E-state index in [4.69, 9.17) is 4.42 Å². The van der Waals surface area contributed by atoms with Crippen molar-refractivity contribution in [1.82, 2.24) is 0 Å². The lowest BCUT2D eigenvalue weighted by Crippen LogP contribution is -2.10. The first-order valence-electron chi connectivity index (χ1n) is 19.8. The third kappa shape index (κ3) is 5.91. The maximum absolute atomic E-state index is 6.83. The Labute approximate surface area is 337 Å². The van der Waals surface area contributed by atoms with E-state index in [9.17, 15) is 0 Å². The van der Waals surface area contributed by atoms with Crippen molar-refractivity contribution in [3.8, 4) is 44.5 Å². The summed E-state index contributed by atoms with van der Waals surface area (Å²) in [4.78, 5) is 2.41. The second-order valence-electron chi connectivity index (χ2n) is 14.9. The molecule has 0 saturated heterocycles. The normalized spacial score (nSPS) is 11.4. The molecule has 1 aromatic heterocycles. The molecule has 0 fully saturated rings. The first kappa shape index (κ1) is 33.6. The Morgan fingerprint density at radius 3 is 1.57 bits per heavy atom. The van der Waals surface area contributed by atoms with Gasteiger partial charge in [-0.2, -0.15) is 0 Å². The molecule has 0 bridgehead atoms. The lowest BCUT2D eigenvalue weighted by molar-refractivity contribution is 0.673. The molecular formula is C56H37NO. The van der Waals surface area contributed by atoms with Crippen molar-refractivity contribution in [3.63, 3.8) is 0 Å². The summed E-state index contributed by atoms with van der Waals surface area (Å²) in [5.74, 6) is 0. The van der Waals surface area contributed by atoms with Gasteiger partial charge in [-0.1, -0.05) is 182 Å². The molecule has 0 unspecified atom stereocenters. The molecule has 10 aromatic carbocycles. The third-order valence-electron chi connectivity index (χ3n) is 11.4. The molecule has 1 heterocycles. The molecule has 0 aliphatic carbocycles. The van der Waals surface area contributed by atoms with E-state index in [1.54, 1.807) is 0 Å². The van der Waals surface area contributed by atoms with Crippen LogP contribution in [0, 0.1) is 0 Å². The van der Waals surface area contributed by atoms with E-state index in [0.717, 1.165) is 60.9 Å². The molecule has 11 aromatic rings. The Hall–Kier alpha value is -7.68. The van der Waals surface area contributed by atoms with Crippen LogP contribution in [0.5, 0.6) is 0 Å². The molecule has 0 amide bonds. The molecule has 0 aliphatic rings. The molecule has 272 valence electrons. The minimum atomic E-state index is 0.875. The maximum Gasteiger partial charge on any atom is 0.143 e. The molecule has 58 heavy (non-hydrogen) atoms. The van der Waals surface area contributed by atoms with Gasteiger partial charge in [0.25, 0.3) is 0 Å². The molecule has 0 aliphatic heterocycles. The summed E-state index contributed by atoms with van der Waals surface area (Å²) in [5.41, 5.74) is 14.5. The number of hydrogen-bond donors (Lipinski definition) is 0. The Bertz CT molecular complexity index is 3250. The first-order chi connectivity index (χ1) is 28.7. The number of rotatable bonds is 7. The number of nitrogens with zero attached hydrogens (tertiary/aromatic N) is 1. The number of fused-ring (bicyclic) bond motifs is 6. The zero-order chi connectivity index (χ0) is 38.4. The van der Waals surface area contributed by atoms with Crippen LogP contribution in [0.1, 0.15) is 0 Å². The van der Waals surface area contributed by atoms with Crippen LogP contribution in [0.15, 0.2) is 229 Å². The van der Waals surface area contributed by atoms with Crippen molar-refractivity contribution in [3.05, 3.63) is 224 Å². The molecule has 2 heteroatoms. The lowest BCUT2D eigenvalue weighted by Gasteiger charge is -2.27. The molecule has 0 N–H and O–H groups in total. The second kappa shape index (κ2) is 14.1. The zero-order valence-corrected chi connectivity index (χ0v) is 31.7. The Morgan fingerprint density at radius 1 is 0.310 bits per heavy atom. The van der Waals surface area contributed by atoms with E-state index in [1.807, 2.05) is 0 Å². The van der Waals surface area contributed by atoms with Gasteiger partial charge in [0, 0.05) is 32.9 Å². The molecule has 0 radical (unpaired) electrons. The monoisotopic (exact) mass is 739 g/mol. The summed E-state index contributed by atoms with van der Waals surface area (Å²) in [7, 11) is 0. The van der Waals surface area contributed by atoms with Crippen LogP contribution < -0.4 is 4.90 Å². The van der Waals surface area contributed by atoms with Crippen molar-refractivity contribution in [2.75, 3.05) is 4.90 Å². The minimum absolute atomic E-state index is 0.875. The van der Waals surface area contributed by atoms with Crippen molar-refractivity contribution < 1.29 is 4.42 Å². The zero-order valence-electron chi connectivity index (χ0n) is 31.7. The average molecular weight is 740 g/mol. The van der Waals surface area contributed by atoms with Crippen LogP contribution in [0.25, 0.3) is 88.0 Å². The summed E-state index contributed by atoms with van der Waals surface area (Å²) >= 11 is 0. The topological polar surface area (TPSA) is 16.4 Å². The Balaban J connectivity index is 1.10. The molecule has 0 atom stereocenters. The fraction of sp³-hybridized carbons (Fsp3) is 0. The molecular weight excluding hydrogens is 703 g/mol. The van der Waals surface area contributed by atoms with Crippen molar-refractivity contribution in [2.24, 2.45) is 0 Å². The summed E-state index contributed by atoms with van der Waals surface area (Å²) < 4.78 is 6.83. The van der Waals surface area contributed by atoms with E-state index in [1.165, 1.54) is 44.2 Å². The van der Waals surface area contributed by atoms with Gasteiger partial charge in [0.1, 0.15) is 11.2 Å². The van der Waals surface area contributed by atoms with E-state index < -0.39 is 0 Å². The highest BCUT2D eigenvalue weighted by Crippen LogP contribution is 2.47. The SMILES string of the molecule is c1ccc(-c2ccc(-c3ccc(N(c4ccc5ccccc5c4)c4cc5c(oc6cccc(-c7cccc(-c8ccccc8)c7)c65)c5ccccc45)cc3)cc2)cc1. The average Bonchev–Trinajstić information content (AvgIpc) is 3.69. The standard InChI is InChI=1S/C56H37NO/c1-3-13-38(14-4-1)41-25-27-42(28-26-41)43-29-32-47(33-30-43)57(48-34-31-40-17-7-8-18-45(40)36-48)53-37-52-55-49(46-20-11-19-44(35-46)39-15-5-2-6-16-39)23-12-24-54(55)58-56(52)51-22-10-9-21-50(51)53/h1-37H. The fourth-order valence-corrected chi connectivity index (χ4v) is 8.58. The van der Waals surface area contributed by atoms with Gasteiger partial charge in [-0.15, -0.1) is 0 Å². The minimum Gasteiger partial charge on any atom is -0.455 e. The van der Waals surface area contributed by atoms with Crippen LogP contribution in [0.2, 0.25) is 0 Å². The van der Waals surface area contributed by atoms with Gasteiger partial charge in [0.2, 0.25) is 0 Å². The highest BCUT2D eigenvalue weighted by atomic mass is 16.3. The molecule has 2 nitrogen and oxygen atoms in total. The quantitative estimate of drug-likeness (QED) is 0.162. The van der Waals surface area contributed by atoms with E-state index >= 15 is 0 Å². The summed E-state index contributed by atoms with van der Waals surface area (Å²) in [5, 5.41) is 6.81. The Morgan fingerprint density at radius 2 is 0.845 bits per heavy atom. The highest BCUT2D eigenvalue weighted by molar-refractivity contribution is 6.22. The predicted molar refractivity (Wildman–Crippen MR) is 245 cm³/mol. The number of furan rings is 1. The third-order valence-corrected chi connectivity index (χ3v) is 11.4. The molecule has 0 saturated carbocycles. The highest BCUT2D eigenvalue weighted by Gasteiger charge is 2.22. The maximum atomic E-state index is 6.83. The predicted octanol–water partition coefficient (Wildman–Crippen LogP) is 16.0. The van der Waals surface area contributed by atoms with Crippen molar-refractivity contribution in [1.29, 1.82) is 0 Å². The van der Waals surface area contributed by atoms with Crippen molar-refractivity contribution >= 4 is 60.5 Å². The smallest absolute Gasteiger partial charge is 0.143 e. The summed E-state index contributed by atoms with van der Waals surface area (Å²) in [6.07, 6.45) is 0. The number of hydrogen-bond acceptors (Lipinski definition) is 2. The number of anilines is 3. The van der Waals surface area contributed by atoms with Gasteiger partial charge >= 0.3 is 0 Å². The van der Waals surface area contributed by atoms with Gasteiger partial charge in [0.05, 0.1) is 5.69 Å². The summed E-state index contributed by atoms with van der Waals surface area (Å²) in [6, 6.07) is 80.6.